The molecule has 3 aromatic heterocycles. The second-order valence-corrected chi connectivity index (χ2v) is 12.2. The number of carbonyl (C=O) groups is 3. The van der Waals surface area contributed by atoms with Gasteiger partial charge in [0.15, 0.2) is 0 Å². The smallest absolute Gasteiger partial charge is 0.317 e. The number of aromatic nitrogens is 3. The lowest BCUT2D eigenvalue weighted by Gasteiger charge is -2.28. The minimum absolute atomic E-state index is 0.0235. The molecule has 1 aromatic carbocycles. The van der Waals surface area contributed by atoms with Gasteiger partial charge in [-0.15, -0.1) is 0 Å². The summed E-state index contributed by atoms with van der Waals surface area (Å²) in [6, 6.07) is 20.5. The van der Waals surface area contributed by atoms with Crippen molar-refractivity contribution in [3.8, 4) is 33.9 Å². The maximum Gasteiger partial charge on any atom is 0.317 e. The second kappa shape index (κ2) is 21.8. The summed E-state index contributed by atoms with van der Waals surface area (Å²) in [6.07, 6.45) is 1.65. The first-order chi connectivity index (χ1) is 26.5. The average molecular weight is 763 g/mol. The van der Waals surface area contributed by atoms with E-state index in [1.54, 1.807) is 47.5 Å². The molecule has 0 bridgehead atoms. The summed E-state index contributed by atoms with van der Waals surface area (Å²) in [5.74, 6) is -2.77. The van der Waals surface area contributed by atoms with Gasteiger partial charge in [0.1, 0.15) is 0 Å². The Bertz CT molecular complexity index is 1840. The van der Waals surface area contributed by atoms with Gasteiger partial charge in [0.05, 0.1) is 72.8 Å². The van der Waals surface area contributed by atoms with Crippen LogP contribution in [0.15, 0.2) is 79.0 Å². The third-order valence-electron chi connectivity index (χ3n) is 8.25. The molecule has 0 fully saturated rings. The maximum atomic E-state index is 13.3. The van der Waals surface area contributed by atoms with Gasteiger partial charge in [-0.05, 0) is 59.7 Å². The van der Waals surface area contributed by atoms with Gasteiger partial charge in [-0.25, -0.2) is 19.7 Å². The summed E-state index contributed by atoms with van der Waals surface area (Å²) in [4.78, 5) is 73.8. The number of benzene rings is 1. The average Bonchev–Trinajstić information content (AvgIpc) is 3.18. The van der Waals surface area contributed by atoms with E-state index in [1.807, 2.05) is 29.2 Å². The minimum Gasteiger partial charge on any atom is -0.480 e. The Kier molecular flexibility index (Phi) is 16.6. The van der Waals surface area contributed by atoms with Crippen LogP contribution in [0.2, 0.25) is 0 Å². The van der Waals surface area contributed by atoms with Crippen LogP contribution in [0.3, 0.4) is 0 Å². The Morgan fingerprint density at radius 3 is 1.85 bits per heavy atom. The molecule has 4 aromatic rings. The molecule has 0 aliphatic heterocycles. The van der Waals surface area contributed by atoms with Crippen LogP contribution in [0.5, 0.6) is 0 Å². The lowest BCUT2D eigenvalue weighted by molar-refractivity contribution is -0.384. The molecule has 0 unspecified atom stereocenters. The SMILES string of the molecule is O=C(O)CN(CCN(CCN(CCOO)CCOO)CC(=O)NCc1cccc(-c2cc(-c3ccc([N+](=O)[O-])cc3)cc(-c3ccccn3)n2)n1)CC(=O)O. The summed E-state index contributed by atoms with van der Waals surface area (Å²) in [5.41, 5.74) is 4.12. The van der Waals surface area contributed by atoms with Gasteiger partial charge in [-0.2, -0.15) is 0 Å². The zero-order valence-corrected chi connectivity index (χ0v) is 29.8. The number of carbonyl (C=O) groups excluding carboxylic acids is 1. The molecule has 0 aliphatic rings. The van der Waals surface area contributed by atoms with Gasteiger partial charge < -0.3 is 15.5 Å². The Hall–Kier alpha value is -5.80. The van der Waals surface area contributed by atoms with E-state index >= 15 is 0 Å². The van der Waals surface area contributed by atoms with Crippen molar-refractivity contribution in [1.82, 2.24) is 35.0 Å². The van der Waals surface area contributed by atoms with Crippen molar-refractivity contribution in [2.45, 2.75) is 6.54 Å². The highest BCUT2D eigenvalue weighted by Crippen LogP contribution is 2.30. The highest BCUT2D eigenvalue weighted by atomic mass is 17.1. The zero-order chi connectivity index (χ0) is 39.6. The number of rotatable bonds is 24. The number of hydrogen-bond acceptors (Lipinski definition) is 15. The van der Waals surface area contributed by atoms with Crippen molar-refractivity contribution in [3.05, 3.63) is 94.8 Å². The lowest BCUT2D eigenvalue weighted by atomic mass is 10.0. The number of non-ortho nitro benzene ring substituents is 1. The quantitative estimate of drug-likeness (QED) is 0.0390. The molecule has 0 radical (unpaired) electrons. The first-order valence-electron chi connectivity index (χ1n) is 17.1. The molecule has 19 nitrogen and oxygen atoms in total. The van der Waals surface area contributed by atoms with Crippen molar-refractivity contribution in [2.75, 3.05) is 72.1 Å². The number of aliphatic carboxylic acids is 2. The van der Waals surface area contributed by atoms with Crippen LogP contribution in [0.25, 0.3) is 33.9 Å². The third kappa shape index (κ3) is 14.2. The Morgan fingerprint density at radius 2 is 1.27 bits per heavy atom. The fourth-order valence-corrected chi connectivity index (χ4v) is 5.53. The van der Waals surface area contributed by atoms with Crippen LogP contribution in [0.4, 0.5) is 5.69 Å². The zero-order valence-electron chi connectivity index (χ0n) is 29.8. The van der Waals surface area contributed by atoms with E-state index in [9.17, 15) is 34.7 Å². The number of nitrogens with one attached hydrogen (secondary N) is 1. The molecule has 5 N–H and O–H groups in total. The third-order valence-corrected chi connectivity index (χ3v) is 8.25. The van der Waals surface area contributed by atoms with Crippen molar-refractivity contribution in [1.29, 1.82) is 0 Å². The summed E-state index contributed by atoms with van der Waals surface area (Å²) < 4.78 is 0. The summed E-state index contributed by atoms with van der Waals surface area (Å²) in [7, 11) is 0. The van der Waals surface area contributed by atoms with Crippen LogP contribution in [-0.4, -0.2) is 145 Å². The Balaban J connectivity index is 1.51. The summed E-state index contributed by atoms with van der Waals surface area (Å²) in [5, 5.41) is 50.2. The number of nitro groups is 1. The Morgan fingerprint density at radius 1 is 0.673 bits per heavy atom. The number of carboxylic acid groups (broad SMARTS) is 2. The predicted molar refractivity (Wildman–Crippen MR) is 196 cm³/mol. The van der Waals surface area contributed by atoms with E-state index in [0.717, 1.165) is 11.1 Å². The van der Waals surface area contributed by atoms with Crippen LogP contribution in [0.1, 0.15) is 5.69 Å². The monoisotopic (exact) mass is 762 g/mol. The second-order valence-electron chi connectivity index (χ2n) is 12.2. The normalized spacial score (nSPS) is 11.3. The molecule has 19 heteroatoms. The van der Waals surface area contributed by atoms with Gasteiger partial charge in [-0.3, -0.25) is 54.7 Å². The van der Waals surface area contributed by atoms with Gasteiger partial charge >= 0.3 is 11.9 Å². The summed E-state index contributed by atoms with van der Waals surface area (Å²) in [6.45, 7) is 0.244. The van der Waals surface area contributed by atoms with Crippen LogP contribution >= 0.6 is 0 Å². The first kappa shape index (κ1) is 41.9. The fourth-order valence-electron chi connectivity index (χ4n) is 5.53. The number of pyridine rings is 3. The molecule has 292 valence electrons. The number of nitro benzene ring substituents is 1. The van der Waals surface area contributed by atoms with Gasteiger partial charge in [0.2, 0.25) is 5.91 Å². The van der Waals surface area contributed by atoms with Crippen molar-refractivity contribution < 1.29 is 49.8 Å². The molecular weight excluding hydrogens is 720 g/mol. The molecule has 4 rings (SSSR count). The first-order valence-corrected chi connectivity index (χ1v) is 17.1. The van der Waals surface area contributed by atoms with E-state index in [2.05, 4.69) is 20.1 Å². The van der Waals surface area contributed by atoms with E-state index in [0.29, 0.717) is 35.0 Å². The van der Waals surface area contributed by atoms with Crippen LogP contribution in [0, 0.1) is 10.1 Å². The van der Waals surface area contributed by atoms with E-state index in [4.69, 9.17) is 20.5 Å². The molecular formula is C36H42N8O11. The van der Waals surface area contributed by atoms with Gasteiger partial charge in [-0.1, -0.05) is 12.1 Å². The molecule has 3 heterocycles. The minimum atomic E-state index is -1.19. The number of hydrogen-bond donors (Lipinski definition) is 5. The molecule has 0 atom stereocenters. The molecule has 1 amide bonds. The standard InChI is InChI=1S/C36H42N8O11/c45-34(23-42(13-12-41(16-18-54-52)17-19-55-53)14-15-43(24-35(46)47)25-36(48)49)38-22-28-4-3-6-31(39-28)33-21-27(26-7-9-29(10-8-26)44(50)51)20-32(40-33)30-5-1-2-11-37-30/h1-11,20-21,52-53H,12-19,22-25H2,(H,38,45)(H,46,47)(H,48,49). The molecule has 55 heavy (non-hydrogen) atoms. The van der Waals surface area contributed by atoms with E-state index in [-0.39, 0.29) is 70.6 Å². The van der Waals surface area contributed by atoms with E-state index in [1.165, 1.54) is 17.0 Å². The van der Waals surface area contributed by atoms with E-state index < -0.39 is 30.0 Å². The number of nitrogens with zero attached hydrogens (tertiary/aromatic N) is 7. The maximum absolute atomic E-state index is 13.3. The fraction of sp³-hybridized carbons (Fsp3) is 0.333. The van der Waals surface area contributed by atoms with Crippen molar-refractivity contribution in [3.63, 3.8) is 0 Å². The molecule has 0 aliphatic carbocycles. The largest absolute Gasteiger partial charge is 0.480 e. The van der Waals surface area contributed by atoms with Gasteiger partial charge in [0.25, 0.3) is 5.69 Å². The van der Waals surface area contributed by atoms with Gasteiger partial charge in [0, 0.05) is 57.6 Å². The van der Waals surface area contributed by atoms with Crippen LogP contribution in [-0.2, 0) is 30.7 Å². The van der Waals surface area contributed by atoms with Crippen LogP contribution < -0.4 is 5.32 Å². The Labute approximate surface area is 315 Å². The van der Waals surface area contributed by atoms with Crippen molar-refractivity contribution >= 4 is 23.5 Å². The molecule has 0 saturated heterocycles. The lowest BCUT2D eigenvalue weighted by Crippen LogP contribution is -2.46. The predicted octanol–water partition coefficient (Wildman–Crippen LogP) is 2.45. The number of carboxylic acids is 2. The molecule has 0 spiro atoms. The van der Waals surface area contributed by atoms with Crippen molar-refractivity contribution in [2.24, 2.45) is 0 Å². The molecule has 0 saturated carbocycles. The number of amides is 1. The highest BCUT2D eigenvalue weighted by molar-refractivity contribution is 5.78. The topological polar surface area (TPSA) is 254 Å². The summed E-state index contributed by atoms with van der Waals surface area (Å²) >= 11 is 0. The highest BCUT2D eigenvalue weighted by Gasteiger charge is 2.19.